The number of halogens is 1. The summed E-state index contributed by atoms with van der Waals surface area (Å²) < 4.78 is 85.2. The molecule has 2 aromatic rings. The molecule has 0 aliphatic rings. The fourth-order valence-electron chi connectivity index (χ4n) is 2.07. The number of nitrogens with zero attached hydrogens (tertiary/aromatic N) is 2. The van der Waals surface area contributed by atoms with Crippen LogP contribution in [0.15, 0.2) is 47.4 Å². The first-order valence-electron chi connectivity index (χ1n) is 7.27. The fourth-order valence-corrected chi connectivity index (χ4v) is 4.89. The molecule has 0 heterocycles. The summed E-state index contributed by atoms with van der Waals surface area (Å²) in [4.78, 5) is 9.48. The molecule has 3 N–H and O–H groups in total. The van der Waals surface area contributed by atoms with Crippen LogP contribution in [0, 0.1) is 10.1 Å². The number of hydrogen-bond donors (Lipinski definition) is 2. The monoisotopic (exact) mass is 468 g/mol. The zero-order valence-electron chi connectivity index (χ0n) is 14.4. The number of nitrogen functional groups attached to an aromatic ring is 1. The molecule has 2 aromatic carbocycles. The largest absolute Gasteiger partial charge is 0.429 e. The number of rotatable bonds is 7. The highest BCUT2D eigenvalue weighted by molar-refractivity contribution is 8.65. The third-order valence-corrected chi connectivity index (χ3v) is 8.50. The van der Waals surface area contributed by atoms with Gasteiger partial charge in [0, 0.05) is 19.2 Å². The van der Waals surface area contributed by atoms with Crippen molar-refractivity contribution in [3.8, 4) is 0 Å². The van der Waals surface area contributed by atoms with Gasteiger partial charge in [0.25, 0.3) is 15.7 Å². The van der Waals surface area contributed by atoms with E-state index in [0.717, 1.165) is 49.5 Å². The van der Waals surface area contributed by atoms with Crippen LogP contribution in [-0.2, 0) is 28.3 Å². The molecule has 29 heavy (non-hydrogen) atoms. The van der Waals surface area contributed by atoms with Gasteiger partial charge >= 0.3 is 18.3 Å². The lowest BCUT2D eigenvalue weighted by Gasteiger charge is -2.17. The average molecular weight is 468 g/mol. The third kappa shape index (κ3) is 4.54. The van der Waals surface area contributed by atoms with Crippen LogP contribution in [0.2, 0.25) is 0 Å². The van der Waals surface area contributed by atoms with Gasteiger partial charge in [-0.15, -0.1) is 0 Å². The fraction of sp³-hybridized carbons (Fsp3) is 0.0769. The second kappa shape index (κ2) is 7.45. The topological polar surface area (TPSA) is 187 Å². The van der Waals surface area contributed by atoms with Gasteiger partial charge in [-0.2, -0.15) is 16.8 Å². The summed E-state index contributed by atoms with van der Waals surface area (Å²) in [5.74, 6) is 0. The predicted molar refractivity (Wildman–Crippen MR) is 102 cm³/mol. The maximum atomic E-state index is 13.0. The normalized spacial score (nSPS) is 12.3. The molecule has 0 aliphatic carbocycles. The van der Waals surface area contributed by atoms with Gasteiger partial charge in [-0.05, 0) is 24.3 Å². The highest BCUT2D eigenvalue weighted by Gasteiger charge is 2.35. The van der Waals surface area contributed by atoms with Crippen LogP contribution in [0.1, 0.15) is 0 Å². The molecule has 12 nitrogen and oxygen atoms in total. The second-order valence-corrected chi connectivity index (χ2v) is 11.8. The molecule has 2 rings (SSSR count). The van der Waals surface area contributed by atoms with Crippen molar-refractivity contribution in [1.82, 2.24) is 0 Å². The zero-order chi connectivity index (χ0) is 22.2. The molecule has 0 amide bonds. The first-order valence-corrected chi connectivity index (χ1v) is 12.1. The van der Waals surface area contributed by atoms with Crippen molar-refractivity contribution < 1.29 is 34.1 Å². The van der Waals surface area contributed by atoms with Crippen molar-refractivity contribution in [3.63, 3.8) is 0 Å². The van der Waals surface area contributed by atoms with Crippen LogP contribution < -0.4 is 14.8 Å². The highest BCUT2D eigenvalue weighted by Crippen LogP contribution is 2.28. The van der Waals surface area contributed by atoms with E-state index in [9.17, 15) is 39.3 Å². The summed E-state index contributed by atoms with van der Waals surface area (Å²) in [6, 6.07) is 6.98. The number of sulfonamides is 1. The maximum absolute atomic E-state index is 13.0. The Hall–Kier alpha value is -2.98. The van der Waals surface area contributed by atoms with E-state index in [1.165, 1.54) is 0 Å². The maximum Gasteiger partial charge on any atom is 0.429 e. The van der Waals surface area contributed by atoms with Crippen LogP contribution in [0.4, 0.5) is 26.6 Å². The molecule has 0 saturated heterocycles. The summed E-state index contributed by atoms with van der Waals surface area (Å²) in [6.45, 7) is 0. The Morgan fingerprint density at radius 3 is 2.21 bits per heavy atom. The van der Waals surface area contributed by atoms with Gasteiger partial charge < -0.3 is 5.73 Å². The van der Waals surface area contributed by atoms with Crippen molar-refractivity contribution in [2.24, 2.45) is 0 Å². The van der Waals surface area contributed by atoms with E-state index >= 15 is 0 Å². The molecule has 0 spiro atoms. The minimum Gasteiger partial charge on any atom is -0.397 e. The van der Waals surface area contributed by atoms with Gasteiger partial charge in [0.15, 0.2) is 0 Å². The lowest BCUT2D eigenvalue weighted by atomic mass is 10.2. The molecule has 0 unspecified atom stereocenters. The van der Waals surface area contributed by atoms with E-state index in [4.69, 9.17) is 5.73 Å². The van der Waals surface area contributed by atoms with Gasteiger partial charge in [-0.1, -0.05) is 9.95 Å². The van der Waals surface area contributed by atoms with Gasteiger partial charge in [-0.25, -0.2) is 8.42 Å². The SMILES string of the molecule is CN(c1cccc(S(=O)(=O)Nc2ccc([N+](=O)[O-])cc2N)c1)S(=O)(=O)S(=O)(=O)F. The van der Waals surface area contributed by atoms with Gasteiger partial charge in [0.2, 0.25) is 0 Å². The summed E-state index contributed by atoms with van der Waals surface area (Å²) >= 11 is 0. The summed E-state index contributed by atoms with van der Waals surface area (Å²) in [5, 5.41) is 10.7. The van der Waals surface area contributed by atoms with Gasteiger partial charge in [0.1, 0.15) is 0 Å². The Morgan fingerprint density at radius 1 is 1.07 bits per heavy atom. The molecule has 0 atom stereocenters. The van der Waals surface area contributed by atoms with E-state index in [1.807, 2.05) is 0 Å². The predicted octanol–water partition coefficient (Wildman–Crippen LogP) is 0.958. The Balaban J connectivity index is 2.43. The number of nitrogens with two attached hydrogens (primary N) is 1. The van der Waals surface area contributed by atoms with Gasteiger partial charge in [-0.3, -0.25) is 19.1 Å². The van der Waals surface area contributed by atoms with Crippen LogP contribution in [0.5, 0.6) is 0 Å². The highest BCUT2D eigenvalue weighted by atomic mass is 33.2. The summed E-state index contributed by atoms with van der Waals surface area (Å²) in [6.07, 6.45) is 0. The van der Waals surface area contributed by atoms with E-state index < -0.39 is 43.8 Å². The molecule has 0 aromatic heterocycles. The van der Waals surface area contributed by atoms with Crippen LogP contribution in [0.3, 0.4) is 0 Å². The lowest BCUT2D eigenvalue weighted by Crippen LogP contribution is -2.31. The number of nitrogens with one attached hydrogen (secondary N) is 1. The van der Waals surface area contributed by atoms with Crippen molar-refractivity contribution in [2.75, 3.05) is 21.8 Å². The second-order valence-electron chi connectivity index (χ2n) is 5.45. The van der Waals surface area contributed by atoms with Gasteiger partial charge in [0.05, 0.1) is 26.9 Å². The van der Waals surface area contributed by atoms with Crippen molar-refractivity contribution in [1.29, 1.82) is 0 Å². The van der Waals surface area contributed by atoms with E-state index in [0.29, 0.717) is 0 Å². The summed E-state index contributed by atoms with van der Waals surface area (Å²) in [7, 11) is -15.1. The van der Waals surface area contributed by atoms with Crippen LogP contribution in [0.25, 0.3) is 0 Å². The number of non-ortho nitro benzene ring substituents is 1. The molecule has 0 radical (unpaired) electrons. The standard InChI is InChI=1S/C13H13FN4O8S3/c1-17(29(25,26)28(14,23)24)9-3-2-4-11(7-9)27(21,22)16-13-6-5-10(18(19)20)8-12(13)15/h2-8,16H,15H2,1H3. The van der Waals surface area contributed by atoms with E-state index in [-0.39, 0.29) is 21.4 Å². The smallest absolute Gasteiger partial charge is 0.397 e. The molecule has 0 bridgehead atoms. The van der Waals surface area contributed by atoms with E-state index in [2.05, 4.69) is 4.72 Å². The lowest BCUT2D eigenvalue weighted by molar-refractivity contribution is -0.384. The Bertz CT molecular complexity index is 1290. The molecular weight excluding hydrogens is 455 g/mol. The van der Waals surface area contributed by atoms with E-state index in [1.54, 1.807) is 0 Å². The van der Waals surface area contributed by atoms with Crippen molar-refractivity contribution in [2.45, 2.75) is 4.90 Å². The molecule has 16 heteroatoms. The van der Waals surface area contributed by atoms with Crippen LogP contribution in [-0.4, -0.2) is 37.2 Å². The number of anilines is 3. The number of benzene rings is 2. The first kappa shape index (κ1) is 22.3. The minimum absolute atomic E-state index is 0.0571. The van der Waals surface area contributed by atoms with Crippen molar-refractivity contribution >= 4 is 51.1 Å². The number of hydrogen-bond acceptors (Lipinski definition) is 9. The molecule has 0 saturated carbocycles. The molecular formula is C13H13FN4O8S3. The minimum atomic E-state index is -6.00. The Morgan fingerprint density at radius 2 is 1.69 bits per heavy atom. The zero-order valence-corrected chi connectivity index (χ0v) is 16.8. The summed E-state index contributed by atoms with van der Waals surface area (Å²) in [5.41, 5.74) is 4.34. The number of nitro benzene ring substituents is 1. The van der Waals surface area contributed by atoms with Crippen molar-refractivity contribution in [3.05, 3.63) is 52.6 Å². The first-order chi connectivity index (χ1) is 13.2. The molecule has 0 aliphatic heterocycles. The Kier molecular flexibility index (Phi) is 5.73. The average Bonchev–Trinajstić information content (AvgIpc) is 2.61. The Labute approximate surface area is 164 Å². The molecule has 158 valence electrons. The van der Waals surface area contributed by atoms with Crippen LogP contribution >= 0.6 is 0 Å². The quantitative estimate of drug-likeness (QED) is 0.196. The third-order valence-electron chi connectivity index (χ3n) is 3.57. The molecule has 0 fully saturated rings. The number of nitro groups is 1.